The Hall–Kier alpha value is -2.04. The molecule has 3 rings (SSSR count). The number of fused-ring (bicyclic) bond motifs is 1. The summed E-state index contributed by atoms with van der Waals surface area (Å²) in [6, 6.07) is 10.4. The van der Waals surface area contributed by atoms with Gasteiger partial charge in [0.05, 0.1) is 17.9 Å². The van der Waals surface area contributed by atoms with Gasteiger partial charge >= 0.3 is 0 Å². The number of nitrogens with zero attached hydrogens (tertiary/aromatic N) is 1. The van der Waals surface area contributed by atoms with E-state index >= 15 is 0 Å². The van der Waals surface area contributed by atoms with Crippen molar-refractivity contribution >= 4 is 40.6 Å². The average molecular weight is 364 g/mol. The van der Waals surface area contributed by atoms with E-state index in [9.17, 15) is 9.59 Å². The third-order valence-electron chi connectivity index (χ3n) is 3.76. The highest BCUT2D eigenvalue weighted by Crippen LogP contribution is 2.30. The van der Waals surface area contributed by atoms with E-state index in [2.05, 4.69) is 0 Å². The van der Waals surface area contributed by atoms with Crippen LogP contribution < -0.4 is 9.64 Å². The second-order valence-corrected chi connectivity index (χ2v) is 6.49. The van der Waals surface area contributed by atoms with E-state index in [1.54, 1.807) is 24.3 Å². The number of ether oxygens (including phenoxy) is 1. The number of carbonyl (C=O) groups is 2. The number of ketones is 1. The summed E-state index contributed by atoms with van der Waals surface area (Å²) < 4.78 is 5.60. The Bertz CT molecular complexity index is 800. The fourth-order valence-corrected chi connectivity index (χ4v) is 3.17. The van der Waals surface area contributed by atoms with Crippen LogP contribution >= 0.6 is 23.2 Å². The van der Waals surface area contributed by atoms with Crippen molar-refractivity contribution in [1.82, 2.24) is 0 Å². The summed E-state index contributed by atoms with van der Waals surface area (Å²) in [7, 11) is 0. The quantitative estimate of drug-likeness (QED) is 0.587. The van der Waals surface area contributed by atoms with Gasteiger partial charge in [-0.1, -0.05) is 34.8 Å². The Morgan fingerprint density at radius 1 is 1.04 bits per heavy atom. The van der Waals surface area contributed by atoms with Crippen LogP contribution in [-0.4, -0.2) is 24.8 Å². The van der Waals surface area contributed by atoms with Crippen LogP contribution in [0.4, 0.5) is 5.69 Å². The molecule has 0 saturated heterocycles. The summed E-state index contributed by atoms with van der Waals surface area (Å²) in [6.07, 6.45) is 0.580. The van der Waals surface area contributed by atoms with E-state index in [1.165, 1.54) is 4.90 Å². The number of Topliss-reactive ketones (excluding diaryl/α,β-unsaturated/α-hetero) is 1. The highest BCUT2D eigenvalue weighted by molar-refractivity contribution is 6.52. The number of hydrogen-bond donors (Lipinski definition) is 0. The minimum atomic E-state index is -0.485. The maximum Gasteiger partial charge on any atom is 0.299 e. The summed E-state index contributed by atoms with van der Waals surface area (Å²) in [5.74, 6) is -0.356. The molecule has 0 fully saturated rings. The average Bonchev–Trinajstić information content (AvgIpc) is 2.75. The lowest BCUT2D eigenvalue weighted by molar-refractivity contribution is -0.114. The maximum atomic E-state index is 12.1. The monoisotopic (exact) mass is 363 g/mol. The molecule has 1 aliphatic rings. The van der Waals surface area contributed by atoms with E-state index in [4.69, 9.17) is 27.9 Å². The van der Waals surface area contributed by atoms with Crippen LogP contribution in [-0.2, 0) is 4.79 Å². The Morgan fingerprint density at radius 3 is 2.46 bits per heavy atom. The molecule has 1 aliphatic heterocycles. The summed E-state index contributed by atoms with van der Waals surface area (Å²) in [5.41, 5.74) is 2.10. The minimum Gasteiger partial charge on any atom is -0.493 e. The van der Waals surface area contributed by atoms with Crippen molar-refractivity contribution in [3.63, 3.8) is 0 Å². The normalized spacial score (nSPS) is 13.4. The fraction of sp³-hybridized carbons (Fsp3) is 0.222. The van der Waals surface area contributed by atoms with Crippen molar-refractivity contribution in [2.45, 2.75) is 13.3 Å². The molecule has 2 aromatic carbocycles. The molecule has 4 nitrogen and oxygen atoms in total. The molecule has 1 heterocycles. The van der Waals surface area contributed by atoms with Gasteiger partial charge < -0.3 is 9.64 Å². The molecular weight excluding hydrogens is 349 g/mol. The first-order valence-electron chi connectivity index (χ1n) is 7.51. The second-order valence-electron chi connectivity index (χ2n) is 5.61. The van der Waals surface area contributed by atoms with Gasteiger partial charge in [-0.15, -0.1) is 0 Å². The Labute approximate surface area is 149 Å². The SMILES string of the molecule is Cc1ccc2c(c1)C(=O)C(=O)N2CCCOc1cc(Cl)cc(Cl)c1. The zero-order chi connectivity index (χ0) is 17.3. The van der Waals surface area contributed by atoms with Crippen molar-refractivity contribution in [2.24, 2.45) is 0 Å². The van der Waals surface area contributed by atoms with Crippen molar-refractivity contribution in [1.29, 1.82) is 0 Å². The van der Waals surface area contributed by atoms with Crippen LogP contribution in [0.25, 0.3) is 0 Å². The van der Waals surface area contributed by atoms with E-state index < -0.39 is 11.7 Å². The number of carbonyl (C=O) groups excluding carboxylic acids is 2. The van der Waals surface area contributed by atoms with Crippen LogP contribution in [0, 0.1) is 6.92 Å². The van der Waals surface area contributed by atoms with E-state index in [1.807, 2.05) is 19.1 Å². The molecule has 0 aliphatic carbocycles. The third-order valence-corrected chi connectivity index (χ3v) is 4.19. The van der Waals surface area contributed by atoms with E-state index in [0.29, 0.717) is 46.6 Å². The van der Waals surface area contributed by atoms with E-state index in [0.717, 1.165) is 5.56 Å². The standard InChI is InChI=1S/C18H15Cl2NO3/c1-11-3-4-16-15(7-11)17(22)18(23)21(16)5-2-6-24-14-9-12(19)8-13(20)10-14/h3-4,7-10H,2,5-6H2,1H3. The number of rotatable bonds is 5. The summed E-state index contributed by atoms with van der Waals surface area (Å²) in [5, 5.41) is 1.00. The summed E-state index contributed by atoms with van der Waals surface area (Å²) in [4.78, 5) is 25.7. The zero-order valence-electron chi connectivity index (χ0n) is 13.0. The molecule has 0 saturated carbocycles. The van der Waals surface area contributed by atoms with E-state index in [-0.39, 0.29) is 0 Å². The van der Waals surface area contributed by atoms with Crippen LogP contribution in [0.1, 0.15) is 22.3 Å². The molecule has 0 spiro atoms. The number of amides is 1. The Balaban J connectivity index is 1.61. The lowest BCUT2D eigenvalue weighted by Crippen LogP contribution is -2.31. The van der Waals surface area contributed by atoms with Gasteiger partial charge in [-0.25, -0.2) is 0 Å². The lowest BCUT2D eigenvalue weighted by atomic mass is 10.1. The number of aryl methyl sites for hydroxylation is 1. The molecule has 0 unspecified atom stereocenters. The number of hydrogen-bond acceptors (Lipinski definition) is 3. The van der Waals surface area contributed by atoms with Crippen LogP contribution in [0.2, 0.25) is 10.0 Å². The smallest absolute Gasteiger partial charge is 0.299 e. The largest absolute Gasteiger partial charge is 0.493 e. The lowest BCUT2D eigenvalue weighted by Gasteiger charge is -2.16. The predicted molar refractivity (Wildman–Crippen MR) is 94.4 cm³/mol. The molecule has 124 valence electrons. The van der Waals surface area contributed by atoms with Gasteiger partial charge in [0.2, 0.25) is 0 Å². The van der Waals surface area contributed by atoms with Gasteiger partial charge in [-0.2, -0.15) is 0 Å². The molecule has 0 bridgehead atoms. The molecule has 6 heteroatoms. The van der Waals surface area contributed by atoms with Gasteiger partial charge in [-0.05, 0) is 43.7 Å². The molecule has 24 heavy (non-hydrogen) atoms. The minimum absolute atomic E-state index is 0.385. The molecule has 0 aromatic heterocycles. The number of benzene rings is 2. The molecule has 0 N–H and O–H groups in total. The second kappa shape index (κ2) is 6.83. The summed E-state index contributed by atoms with van der Waals surface area (Å²) in [6.45, 7) is 2.69. The topological polar surface area (TPSA) is 46.6 Å². The maximum absolute atomic E-state index is 12.1. The molecule has 0 radical (unpaired) electrons. The van der Waals surface area contributed by atoms with Gasteiger partial charge in [0.1, 0.15) is 5.75 Å². The Kier molecular flexibility index (Phi) is 4.78. The van der Waals surface area contributed by atoms with Gasteiger partial charge in [0.15, 0.2) is 0 Å². The van der Waals surface area contributed by atoms with Crippen molar-refractivity contribution in [3.05, 3.63) is 57.6 Å². The van der Waals surface area contributed by atoms with Gasteiger partial charge in [0.25, 0.3) is 11.7 Å². The van der Waals surface area contributed by atoms with Crippen LogP contribution in [0.5, 0.6) is 5.75 Å². The highest BCUT2D eigenvalue weighted by atomic mass is 35.5. The van der Waals surface area contributed by atoms with Crippen molar-refractivity contribution in [3.8, 4) is 5.75 Å². The first kappa shape index (κ1) is 16.8. The highest BCUT2D eigenvalue weighted by Gasteiger charge is 2.35. The van der Waals surface area contributed by atoms with Crippen molar-refractivity contribution in [2.75, 3.05) is 18.1 Å². The first-order valence-corrected chi connectivity index (χ1v) is 8.27. The molecule has 1 amide bonds. The first-order chi connectivity index (χ1) is 11.5. The molecular formula is C18H15Cl2NO3. The van der Waals surface area contributed by atoms with Crippen LogP contribution in [0.3, 0.4) is 0 Å². The van der Waals surface area contributed by atoms with Crippen LogP contribution in [0.15, 0.2) is 36.4 Å². The van der Waals surface area contributed by atoms with Gasteiger partial charge in [-0.3, -0.25) is 9.59 Å². The molecule has 0 atom stereocenters. The summed E-state index contributed by atoms with van der Waals surface area (Å²) >= 11 is 11.8. The Morgan fingerprint density at radius 2 is 1.75 bits per heavy atom. The number of anilines is 1. The number of halogens is 2. The molecule has 2 aromatic rings. The zero-order valence-corrected chi connectivity index (χ0v) is 14.5. The third kappa shape index (κ3) is 3.40. The van der Waals surface area contributed by atoms with Gasteiger partial charge in [0, 0.05) is 16.6 Å². The van der Waals surface area contributed by atoms with Crippen molar-refractivity contribution < 1.29 is 14.3 Å². The predicted octanol–water partition coefficient (Wildman–Crippen LogP) is 4.30. The fourth-order valence-electron chi connectivity index (χ4n) is 2.66.